The lowest BCUT2D eigenvalue weighted by atomic mass is 10.1. The maximum absolute atomic E-state index is 12.9. The standard InChI is InChI=1S/C23H25N5O2/c1-13-7-17-8-20(30-23(17)16(4)25-13)19-9-22(29)28-12-18(5-6-21(28)26-19)27-10-14(2)24-15(3)11-27/h5-9,12,14-15,24H,10-11H2,1-4H3/t14-,15+. The minimum absolute atomic E-state index is 0.125. The largest absolute Gasteiger partial charge is 0.453 e. The minimum atomic E-state index is -0.125. The van der Waals surface area contributed by atoms with E-state index in [4.69, 9.17) is 4.42 Å². The lowest BCUT2D eigenvalue weighted by Gasteiger charge is -2.37. The van der Waals surface area contributed by atoms with Gasteiger partial charge in [-0.1, -0.05) is 0 Å². The summed E-state index contributed by atoms with van der Waals surface area (Å²) in [4.78, 5) is 24.4. The Morgan fingerprint density at radius 1 is 1.07 bits per heavy atom. The van der Waals surface area contributed by atoms with E-state index in [9.17, 15) is 4.79 Å². The summed E-state index contributed by atoms with van der Waals surface area (Å²) in [7, 11) is 0. The van der Waals surface area contributed by atoms with Crippen LogP contribution in [0.1, 0.15) is 25.2 Å². The Labute approximate surface area is 174 Å². The van der Waals surface area contributed by atoms with Crippen LogP contribution in [-0.2, 0) is 0 Å². The summed E-state index contributed by atoms with van der Waals surface area (Å²) in [5, 5.41) is 4.50. The Bertz CT molecular complexity index is 1310. The van der Waals surface area contributed by atoms with E-state index in [0.717, 1.165) is 41.1 Å². The summed E-state index contributed by atoms with van der Waals surface area (Å²) >= 11 is 0. The van der Waals surface area contributed by atoms with E-state index in [0.29, 0.717) is 29.2 Å². The number of pyridine rings is 2. The predicted molar refractivity (Wildman–Crippen MR) is 118 cm³/mol. The van der Waals surface area contributed by atoms with Gasteiger partial charge in [-0.2, -0.15) is 0 Å². The molecule has 0 radical (unpaired) electrons. The van der Waals surface area contributed by atoms with Crippen LogP contribution >= 0.6 is 0 Å². The Morgan fingerprint density at radius 3 is 2.60 bits per heavy atom. The monoisotopic (exact) mass is 403 g/mol. The van der Waals surface area contributed by atoms with Crippen molar-refractivity contribution in [2.45, 2.75) is 39.8 Å². The average Bonchev–Trinajstić information content (AvgIpc) is 3.11. The van der Waals surface area contributed by atoms with Gasteiger partial charge in [0, 0.05) is 48.5 Å². The van der Waals surface area contributed by atoms with E-state index in [1.165, 1.54) is 6.07 Å². The van der Waals surface area contributed by atoms with Crippen LogP contribution in [0.4, 0.5) is 5.69 Å². The normalized spacial score (nSPS) is 19.7. The highest BCUT2D eigenvalue weighted by Gasteiger charge is 2.21. The van der Waals surface area contributed by atoms with Gasteiger partial charge in [0.15, 0.2) is 11.3 Å². The molecule has 5 rings (SSSR count). The molecule has 154 valence electrons. The number of piperazine rings is 1. The average molecular weight is 403 g/mol. The van der Waals surface area contributed by atoms with Crippen LogP contribution in [0.2, 0.25) is 0 Å². The van der Waals surface area contributed by atoms with Crippen molar-refractivity contribution in [3.63, 3.8) is 0 Å². The number of anilines is 1. The van der Waals surface area contributed by atoms with Gasteiger partial charge in [0.05, 0.1) is 11.4 Å². The summed E-state index contributed by atoms with van der Waals surface area (Å²) in [6, 6.07) is 10.2. The molecule has 1 aliphatic rings. The fourth-order valence-electron chi connectivity index (χ4n) is 4.44. The first-order valence-electron chi connectivity index (χ1n) is 10.3. The molecule has 1 N–H and O–H groups in total. The Balaban J connectivity index is 1.56. The number of nitrogens with one attached hydrogen (secondary N) is 1. The van der Waals surface area contributed by atoms with Crippen molar-refractivity contribution in [1.82, 2.24) is 19.7 Å². The molecule has 0 amide bonds. The van der Waals surface area contributed by atoms with Crippen molar-refractivity contribution < 1.29 is 4.42 Å². The molecule has 0 aliphatic carbocycles. The molecular weight excluding hydrogens is 378 g/mol. The molecule has 4 aromatic heterocycles. The molecule has 30 heavy (non-hydrogen) atoms. The van der Waals surface area contributed by atoms with Crippen molar-refractivity contribution in [2.75, 3.05) is 18.0 Å². The number of furan rings is 1. The van der Waals surface area contributed by atoms with Crippen molar-refractivity contribution in [3.8, 4) is 11.5 Å². The molecule has 1 fully saturated rings. The third-order valence-corrected chi connectivity index (χ3v) is 5.62. The predicted octanol–water partition coefficient (Wildman–Crippen LogP) is 3.31. The van der Waals surface area contributed by atoms with Crippen LogP contribution in [0, 0.1) is 13.8 Å². The van der Waals surface area contributed by atoms with Gasteiger partial charge >= 0.3 is 0 Å². The lowest BCUT2D eigenvalue weighted by molar-refractivity contribution is 0.407. The maximum Gasteiger partial charge on any atom is 0.258 e. The number of nitrogens with zero attached hydrogens (tertiary/aromatic N) is 4. The molecule has 2 atom stereocenters. The molecule has 0 spiro atoms. The zero-order valence-electron chi connectivity index (χ0n) is 17.6. The minimum Gasteiger partial charge on any atom is -0.453 e. The van der Waals surface area contributed by atoms with Gasteiger partial charge in [-0.3, -0.25) is 14.2 Å². The third-order valence-electron chi connectivity index (χ3n) is 5.62. The van der Waals surface area contributed by atoms with Gasteiger partial charge in [0.1, 0.15) is 11.3 Å². The number of rotatable bonds is 2. The van der Waals surface area contributed by atoms with Gasteiger partial charge in [-0.25, -0.2) is 4.98 Å². The number of hydrogen-bond acceptors (Lipinski definition) is 6. The number of fused-ring (bicyclic) bond motifs is 2. The molecule has 7 heteroatoms. The smallest absolute Gasteiger partial charge is 0.258 e. The summed E-state index contributed by atoms with van der Waals surface area (Å²) < 4.78 is 7.60. The maximum atomic E-state index is 12.9. The van der Waals surface area contributed by atoms with E-state index in [-0.39, 0.29) is 5.56 Å². The van der Waals surface area contributed by atoms with Crippen LogP contribution in [0.5, 0.6) is 0 Å². The first-order chi connectivity index (χ1) is 14.4. The van der Waals surface area contributed by atoms with Gasteiger partial charge in [0.25, 0.3) is 5.56 Å². The highest BCUT2D eigenvalue weighted by atomic mass is 16.3. The number of aryl methyl sites for hydroxylation is 2. The van der Waals surface area contributed by atoms with E-state index >= 15 is 0 Å². The molecular formula is C23H25N5O2. The van der Waals surface area contributed by atoms with Crippen molar-refractivity contribution in [3.05, 3.63) is 58.3 Å². The van der Waals surface area contributed by atoms with Crippen LogP contribution in [0.25, 0.3) is 28.1 Å². The van der Waals surface area contributed by atoms with Crippen LogP contribution < -0.4 is 15.8 Å². The van der Waals surface area contributed by atoms with Gasteiger partial charge in [0.2, 0.25) is 0 Å². The first kappa shape index (κ1) is 18.8. The highest BCUT2D eigenvalue weighted by molar-refractivity contribution is 5.84. The van der Waals surface area contributed by atoms with Crippen molar-refractivity contribution in [1.29, 1.82) is 0 Å². The zero-order valence-corrected chi connectivity index (χ0v) is 17.6. The van der Waals surface area contributed by atoms with E-state index < -0.39 is 0 Å². The second-order valence-corrected chi connectivity index (χ2v) is 8.35. The molecule has 0 bridgehead atoms. The second-order valence-electron chi connectivity index (χ2n) is 8.35. The van der Waals surface area contributed by atoms with Crippen LogP contribution in [0.3, 0.4) is 0 Å². The van der Waals surface area contributed by atoms with Crippen LogP contribution in [0.15, 0.2) is 45.7 Å². The third kappa shape index (κ3) is 3.25. The number of hydrogen-bond donors (Lipinski definition) is 1. The summed E-state index contributed by atoms with van der Waals surface area (Å²) in [6.45, 7) is 10.0. The molecule has 4 aromatic rings. The lowest BCUT2D eigenvalue weighted by Crippen LogP contribution is -2.54. The Hall–Kier alpha value is -3.19. The van der Waals surface area contributed by atoms with Gasteiger partial charge in [-0.15, -0.1) is 0 Å². The molecule has 1 aliphatic heterocycles. The highest BCUT2D eigenvalue weighted by Crippen LogP contribution is 2.28. The van der Waals surface area contributed by atoms with Gasteiger partial charge < -0.3 is 14.6 Å². The molecule has 0 unspecified atom stereocenters. The van der Waals surface area contributed by atoms with Crippen LogP contribution in [-0.4, -0.2) is 39.5 Å². The summed E-state index contributed by atoms with van der Waals surface area (Å²) in [5.41, 5.74) is 4.53. The summed E-state index contributed by atoms with van der Waals surface area (Å²) in [5.74, 6) is 0.578. The number of aromatic nitrogens is 3. The molecule has 7 nitrogen and oxygen atoms in total. The quantitative estimate of drug-likeness (QED) is 0.553. The van der Waals surface area contributed by atoms with Crippen molar-refractivity contribution >= 4 is 22.3 Å². The zero-order chi connectivity index (χ0) is 21.0. The first-order valence-corrected chi connectivity index (χ1v) is 10.3. The second kappa shape index (κ2) is 6.95. The van der Waals surface area contributed by atoms with Gasteiger partial charge in [-0.05, 0) is 52.0 Å². The fourth-order valence-corrected chi connectivity index (χ4v) is 4.44. The van der Waals surface area contributed by atoms with E-state index in [2.05, 4.69) is 34.0 Å². The molecule has 0 aromatic carbocycles. The Morgan fingerprint density at radius 2 is 1.83 bits per heavy atom. The molecule has 5 heterocycles. The molecule has 1 saturated heterocycles. The van der Waals surface area contributed by atoms with E-state index in [1.54, 1.807) is 4.40 Å². The van der Waals surface area contributed by atoms with E-state index in [1.807, 2.05) is 44.3 Å². The SMILES string of the molecule is Cc1cc2cc(-c3cc(=O)n4cc(N5C[C@@H](C)N[C@@H](C)C5)ccc4n3)oc2c(C)n1. The topological polar surface area (TPSA) is 75.7 Å². The van der Waals surface area contributed by atoms with Crippen molar-refractivity contribution in [2.24, 2.45) is 0 Å². The molecule has 0 saturated carbocycles. The Kier molecular flexibility index (Phi) is 4.36. The summed E-state index contributed by atoms with van der Waals surface area (Å²) in [6.07, 6.45) is 1.88. The fraction of sp³-hybridized carbons (Fsp3) is 0.348.